The van der Waals surface area contributed by atoms with Crippen LogP contribution in [0.25, 0.3) is 0 Å². The van der Waals surface area contributed by atoms with Gasteiger partial charge in [0, 0.05) is 0 Å². The van der Waals surface area contributed by atoms with Crippen LogP contribution in [0.4, 0.5) is 13.2 Å². The molecular weight excluding hydrogens is 388 g/mol. The average Bonchev–Trinajstić information content (AvgIpc) is 2.38. The molecule has 112 valence electrons. The van der Waals surface area contributed by atoms with E-state index in [-0.39, 0.29) is 5.41 Å². The van der Waals surface area contributed by atoms with E-state index in [9.17, 15) is 13.2 Å². The number of benzene rings is 2. The number of alkyl halides is 3. The zero-order valence-corrected chi connectivity index (χ0v) is 14.3. The number of rotatable bonds is 2. The molecule has 0 atom stereocenters. The highest BCUT2D eigenvalue weighted by Gasteiger charge is 2.30. The Morgan fingerprint density at radius 2 is 1.05 bits per heavy atom. The molecule has 0 aliphatic heterocycles. The van der Waals surface area contributed by atoms with Crippen molar-refractivity contribution in [2.75, 3.05) is 0 Å². The van der Waals surface area contributed by atoms with Gasteiger partial charge in [0.25, 0.3) is 0 Å². The smallest absolute Gasteiger partial charge is 0.166 e. The minimum atomic E-state index is -4.26. The Kier molecular flexibility index (Phi) is 4.66. The Bertz CT molecular complexity index is 534. The van der Waals surface area contributed by atoms with Gasteiger partial charge in [0.05, 0.1) is 5.56 Å². The van der Waals surface area contributed by atoms with E-state index >= 15 is 0 Å². The zero-order valence-electron chi connectivity index (χ0n) is 12.1. The summed E-state index contributed by atoms with van der Waals surface area (Å²) in [5, 5.41) is 0. The molecule has 0 aromatic heterocycles. The summed E-state index contributed by atoms with van der Waals surface area (Å²) in [4.78, 5) is 0. The second-order valence-electron chi connectivity index (χ2n) is 5.86. The van der Waals surface area contributed by atoms with Crippen LogP contribution >= 0.6 is 0 Å². The first-order valence-corrected chi connectivity index (χ1v) is 8.75. The van der Waals surface area contributed by atoms with Gasteiger partial charge in [-0.3, -0.25) is 0 Å². The van der Waals surface area contributed by atoms with Gasteiger partial charge in [0.2, 0.25) is 0 Å². The van der Waals surface area contributed by atoms with Gasteiger partial charge >= 0.3 is 27.4 Å². The largest absolute Gasteiger partial charge is 0.416 e. The van der Waals surface area contributed by atoms with Crippen molar-refractivity contribution in [1.29, 1.82) is 0 Å². The van der Waals surface area contributed by atoms with Crippen molar-refractivity contribution < 1.29 is 34.4 Å². The van der Waals surface area contributed by atoms with Gasteiger partial charge in [-0.1, -0.05) is 32.9 Å². The minimum Gasteiger partial charge on any atom is -0.166 e. The summed E-state index contributed by atoms with van der Waals surface area (Å²) in [7, 11) is 0. The van der Waals surface area contributed by atoms with E-state index in [0.29, 0.717) is 0 Å². The lowest BCUT2D eigenvalue weighted by Gasteiger charge is -2.18. The summed E-state index contributed by atoms with van der Waals surface area (Å²) in [6.45, 7) is 6.48. The average molecular weight is 405 g/mol. The topological polar surface area (TPSA) is 0 Å². The number of hydrogen-bond donors (Lipinski definition) is 0. The molecule has 0 bridgehead atoms. The molecule has 0 aliphatic rings. The predicted molar refractivity (Wildman–Crippen MR) is 74.0 cm³/mol. The van der Waals surface area contributed by atoms with Crippen molar-refractivity contribution in [2.24, 2.45) is 0 Å². The molecule has 0 heterocycles. The highest BCUT2D eigenvalue weighted by atomic mass is 127. The Morgan fingerprint density at radius 3 is 1.38 bits per heavy atom. The van der Waals surface area contributed by atoms with Gasteiger partial charge in [0.1, 0.15) is 0 Å². The second kappa shape index (κ2) is 5.99. The quantitative estimate of drug-likeness (QED) is 0.672. The third kappa shape index (κ3) is 4.46. The number of halogens is 4. The molecule has 0 spiro atoms. The third-order valence-corrected chi connectivity index (χ3v) is 5.78. The van der Waals surface area contributed by atoms with Crippen molar-refractivity contribution in [3.05, 3.63) is 66.8 Å². The standard InChI is InChI=1S/C17H17F3I/c1-16(2,3)12-4-8-14(9-5-12)21-15-10-6-13(7-11-15)17(18,19)20/h4-11H,1-3H3/q+1. The molecule has 0 radical (unpaired) electrons. The Hall–Kier alpha value is -1.04. The summed E-state index contributed by atoms with van der Waals surface area (Å²) in [5.41, 5.74) is 0.798. The van der Waals surface area contributed by atoms with Gasteiger partial charge in [-0.15, -0.1) is 0 Å². The molecule has 0 amide bonds. The van der Waals surface area contributed by atoms with Gasteiger partial charge in [-0.05, 0) is 47.4 Å². The van der Waals surface area contributed by atoms with Crippen LogP contribution in [-0.4, -0.2) is 0 Å². The lowest BCUT2D eigenvalue weighted by atomic mass is 9.87. The van der Waals surface area contributed by atoms with Gasteiger partial charge < -0.3 is 0 Å². The first kappa shape index (κ1) is 16.3. The molecule has 0 N–H and O–H groups in total. The molecule has 0 fully saturated rings. The fraction of sp³-hybridized carbons (Fsp3) is 0.294. The fourth-order valence-electron chi connectivity index (χ4n) is 1.84. The maximum absolute atomic E-state index is 12.5. The molecule has 4 heteroatoms. The molecule has 0 nitrogen and oxygen atoms in total. The van der Waals surface area contributed by atoms with Crippen molar-refractivity contribution in [1.82, 2.24) is 0 Å². The fourth-order valence-corrected chi connectivity index (χ4v) is 4.00. The predicted octanol–water partition coefficient (Wildman–Crippen LogP) is 2.13. The van der Waals surface area contributed by atoms with E-state index in [2.05, 4.69) is 45.0 Å². The van der Waals surface area contributed by atoms with Crippen LogP contribution in [-0.2, 0) is 11.6 Å². The first-order valence-electron chi connectivity index (χ1n) is 6.59. The summed E-state index contributed by atoms with van der Waals surface area (Å²) in [6, 6.07) is 13.9. The van der Waals surface area contributed by atoms with Crippen LogP contribution in [0.2, 0.25) is 0 Å². The molecule has 0 aliphatic carbocycles. The SMILES string of the molecule is CC(C)(C)c1ccc([I+]c2ccc(C(F)(F)F)cc2)cc1. The van der Waals surface area contributed by atoms with E-state index in [1.54, 1.807) is 12.1 Å². The van der Waals surface area contributed by atoms with Crippen molar-refractivity contribution in [3.63, 3.8) is 0 Å². The molecule has 0 unspecified atom stereocenters. The van der Waals surface area contributed by atoms with Crippen molar-refractivity contribution in [2.45, 2.75) is 32.4 Å². The summed E-state index contributed by atoms with van der Waals surface area (Å²) >= 11 is -0.438. The Balaban J connectivity index is 2.12. The van der Waals surface area contributed by atoms with E-state index < -0.39 is 32.9 Å². The van der Waals surface area contributed by atoms with E-state index in [1.165, 1.54) is 21.3 Å². The van der Waals surface area contributed by atoms with Crippen LogP contribution in [0, 0.1) is 7.14 Å². The summed E-state index contributed by atoms with van der Waals surface area (Å²) < 4.78 is 39.7. The lowest BCUT2D eigenvalue weighted by molar-refractivity contribution is -0.597. The first-order chi connectivity index (χ1) is 9.66. The number of hydrogen-bond acceptors (Lipinski definition) is 0. The minimum absolute atomic E-state index is 0.116. The molecule has 2 aromatic carbocycles. The van der Waals surface area contributed by atoms with E-state index in [0.717, 1.165) is 3.57 Å². The Labute approximate surface area is 133 Å². The van der Waals surface area contributed by atoms with Crippen LogP contribution < -0.4 is 21.2 Å². The zero-order chi connectivity index (χ0) is 15.7. The maximum Gasteiger partial charge on any atom is 0.416 e. The normalized spacial score (nSPS) is 12.5. The highest BCUT2D eigenvalue weighted by Crippen LogP contribution is 2.28. The summed E-state index contributed by atoms with van der Waals surface area (Å²) in [6.07, 6.45) is -4.26. The molecule has 0 saturated heterocycles. The monoisotopic (exact) mass is 405 g/mol. The van der Waals surface area contributed by atoms with Gasteiger partial charge in [-0.2, -0.15) is 13.2 Å². The second-order valence-corrected chi connectivity index (χ2v) is 8.89. The molecule has 21 heavy (non-hydrogen) atoms. The lowest BCUT2D eigenvalue weighted by Crippen LogP contribution is -3.61. The van der Waals surface area contributed by atoms with E-state index in [1.807, 2.05) is 0 Å². The molecule has 2 aromatic rings. The van der Waals surface area contributed by atoms with Crippen molar-refractivity contribution >= 4 is 0 Å². The maximum atomic E-state index is 12.5. The summed E-state index contributed by atoms with van der Waals surface area (Å²) in [5.74, 6) is 0. The van der Waals surface area contributed by atoms with Crippen LogP contribution in [0.5, 0.6) is 0 Å². The Morgan fingerprint density at radius 1 is 0.667 bits per heavy atom. The van der Waals surface area contributed by atoms with E-state index in [4.69, 9.17) is 0 Å². The van der Waals surface area contributed by atoms with Crippen LogP contribution in [0.15, 0.2) is 48.5 Å². The van der Waals surface area contributed by atoms with Gasteiger partial charge in [0.15, 0.2) is 7.14 Å². The third-order valence-electron chi connectivity index (χ3n) is 3.10. The molecule has 2 rings (SSSR count). The molecule has 0 saturated carbocycles. The van der Waals surface area contributed by atoms with Crippen molar-refractivity contribution in [3.8, 4) is 0 Å². The highest BCUT2D eigenvalue weighted by molar-refractivity contribution is 5.22. The van der Waals surface area contributed by atoms with Gasteiger partial charge in [-0.25, -0.2) is 0 Å². The van der Waals surface area contributed by atoms with Crippen LogP contribution in [0.3, 0.4) is 0 Å². The molecular formula is C17H17F3I+. The van der Waals surface area contributed by atoms with Crippen LogP contribution in [0.1, 0.15) is 31.9 Å².